The molecule has 0 amide bonds. The lowest BCUT2D eigenvalue weighted by molar-refractivity contribution is 0.430. The summed E-state index contributed by atoms with van der Waals surface area (Å²) in [7, 11) is 0. The molecule has 2 atom stereocenters. The molecule has 1 aliphatic rings. The molecular formula is C30H33ClF3N. The highest BCUT2D eigenvalue weighted by molar-refractivity contribution is 6.34. The predicted octanol–water partition coefficient (Wildman–Crippen LogP) is 8.76. The normalized spacial score (nSPS) is 18.6. The summed E-state index contributed by atoms with van der Waals surface area (Å²) in [4.78, 5) is 0. The number of hydrogen-bond donors (Lipinski definition) is 1. The van der Waals surface area contributed by atoms with Gasteiger partial charge in [-0.1, -0.05) is 88.3 Å². The number of aryl methyl sites for hydroxylation is 1. The van der Waals surface area contributed by atoms with Crippen LogP contribution in [0, 0.1) is 11.6 Å². The fraction of sp³-hybridized carbons (Fsp3) is 0.333. The van der Waals surface area contributed by atoms with Gasteiger partial charge in [-0.15, -0.1) is 0 Å². The van der Waals surface area contributed by atoms with E-state index in [1.807, 2.05) is 32.0 Å². The molecule has 0 spiro atoms. The smallest absolute Gasteiger partial charge is 0.142 e. The van der Waals surface area contributed by atoms with E-state index < -0.39 is 18.3 Å². The minimum absolute atomic E-state index is 0.0733. The van der Waals surface area contributed by atoms with Crippen molar-refractivity contribution in [1.29, 1.82) is 0 Å². The van der Waals surface area contributed by atoms with Gasteiger partial charge in [-0.3, -0.25) is 4.39 Å². The molecule has 5 heteroatoms. The van der Waals surface area contributed by atoms with Gasteiger partial charge in [0.05, 0.1) is 11.7 Å². The maximum atomic E-state index is 15.9. The van der Waals surface area contributed by atoms with E-state index >= 15 is 8.78 Å². The molecule has 0 saturated carbocycles. The summed E-state index contributed by atoms with van der Waals surface area (Å²) in [5, 5.41) is -0.137. The predicted molar refractivity (Wildman–Crippen MR) is 142 cm³/mol. The van der Waals surface area contributed by atoms with Crippen LogP contribution in [0.25, 0.3) is 16.8 Å². The average Bonchev–Trinajstić information content (AvgIpc) is 3.11. The second kappa shape index (κ2) is 10.9. The topological polar surface area (TPSA) is 26.0 Å². The summed E-state index contributed by atoms with van der Waals surface area (Å²) >= 11 is 6.55. The first-order valence-corrected chi connectivity index (χ1v) is 12.5. The largest absolute Gasteiger partial charge is 0.399 e. The zero-order valence-electron chi connectivity index (χ0n) is 20.8. The van der Waals surface area contributed by atoms with Crippen LogP contribution in [0.3, 0.4) is 0 Å². The Morgan fingerprint density at radius 1 is 1.11 bits per heavy atom. The van der Waals surface area contributed by atoms with Gasteiger partial charge < -0.3 is 5.73 Å². The quantitative estimate of drug-likeness (QED) is 0.360. The van der Waals surface area contributed by atoms with Gasteiger partial charge in [-0.25, -0.2) is 8.78 Å². The Labute approximate surface area is 211 Å². The van der Waals surface area contributed by atoms with E-state index in [2.05, 4.69) is 32.6 Å². The minimum atomic E-state index is -0.600. The van der Waals surface area contributed by atoms with Crippen molar-refractivity contribution in [2.45, 2.75) is 58.3 Å². The maximum absolute atomic E-state index is 15.9. The monoisotopic (exact) mass is 499 g/mol. The van der Waals surface area contributed by atoms with E-state index in [1.165, 1.54) is 6.07 Å². The summed E-state index contributed by atoms with van der Waals surface area (Å²) < 4.78 is 43.8. The van der Waals surface area contributed by atoms with Gasteiger partial charge in [0.2, 0.25) is 0 Å². The van der Waals surface area contributed by atoms with Gasteiger partial charge in [0.15, 0.2) is 0 Å². The van der Waals surface area contributed by atoms with E-state index in [0.29, 0.717) is 23.1 Å². The van der Waals surface area contributed by atoms with Crippen LogP contribution in [-0.2, 0) is 18.3 Å². The third-order valence-corrected chi connectivity index (χ3v) is 7.49. The average molecular weight is 500 g/mol. The SMILES string of the molecule is C=C(N)c1ccc(CCCF)c(F)c1-c1c(Cl)c(F)cc2c1C(C)C(C)(c1ccccc1)C2.CC. The van der Waals surface area contributed by atoms with E-state index in [0.717, 1.165) is 16.7 Å². The molecular weight excluding hydrogens is 467 g/mol. The van der Waals surface area contributed by atoms with Crippen molar-refractivity contribution >= 4 is 17.3 Å². The van der Waals surface area contributed by atoms with Gasteiger partial charge in [0.1, 0.15) is 11.6 Å². The van der Waals surface area contributed by atoms with Crippen molar-refractivity contribution in [3.63, 3.8) is 0 Å². The zero-order chi connectivity index (χ0) is 25.9. The molecule has 0 heterocycles. The first-order chi connectivity index (χ1) is 16.7. The minimum Gasteiger partial charge on any atom is -0.399 e. The molecule has 0 aliphatic heterocycles. The highest BCUT2D eigenvalue weighted by atomic mass is 35.5. The van der Waals surface area contributed by atoms with Gasteiger partial charge >= 0.3 is 0 Å². The number of alkyl halides is 1. The number of fused-ring (bicyclic) bond motifs is 1. The fourth-order valence-electron chi connectivity index (χ4n) is 5.20. The molecule has 0 fully saturated rings. The number of halogens is 4. The summed E-state index contributed by atoms with van der Waals surface area (Å²) in [6.45, 7) is 11.5. The van der Waals surface area contributed by atoms with Crippen LogP contribution in [0.1, 0.15) is 67.9 Å². The molecule has 0 aromatic heterocycles. The molecule has 186 valence electrons. The number of hydrogen-bond acceptors (Lipinski definition) is 1. The summed E-state index contributed by atoms with van der Waals surface area (Å²) in [6, 6.07) is 14.8. The van der Waals surface area contributed by atoms with Gasteiger partial charge in [-0.05, 0) is 53.5 Å². The van der Waals surface area contributed by atoms with E-state index in [-0.39, 0.29) is 40.5 Å². The van der Waals surface area contributed by atoms with E-state index in [1.54, 1.807) is 12.1 Å². The lowest BCUT2D eigenvalue weighted by Gasteiger charge is -2.31. The molecule has 3 aromatic rings. The third kappa shape index (κ3) is 4.73. The van der Waals surface area contributed by atoms with Crippen LogP contribution in [-0.4, -0.2) is 6.67 Å². The van der Waals surface area contributed by atoms with Gasteiger partial charge in [-0.2, -0.15) is 0 Å². The van der Waals surface area contributed by atoms with Crippen molar-refractivity contribution < 1.29 is 13.2 Å². The summed E-state index contributed by atoms with van der Waals surface area (Å²) in [6.07, 6.45) is 1.01. The molecule has 35 heavy (non-hydrogen) atoms. The van der Waals surface area contributed by atoms with E-state index in [9.17, 15) is 4.39 Å². The van der Waals surface area contributed by atoms with Crippen LogP contribution >= 0.6 is 11.6 Å². The van der Waals surface area contributed by atoms with Crippen LogP contribution in [0.2, 0.25) is 5.02 Å². The standard InChI is InChI=1S/C28H27ClF3N.C2H6/c1-16-23-19(15-28(16,3)20-9-5-4-6-10-20)14-22(31)26(29)25(23)24-21(17(2)33)12-11-18(27(24)32)8-7-13-30;1-2/h4-6,9-12,14,16H,2,7-8,13,15,33H2,1,3H3;1-2H3. The highest BCUT2D eigenvalue weighted by Crippen LogP contribution is 2.54. The lowest BCUT2D eigenvalue weighted by Crippen LogP contribution is -2.25. The van der Waals surface area contributed by atoms with Crippen molar-refractivity contribution in [2.24, 2.45) is 5.73 Å². The number of nitrogens with two attached hydrogens (primary N) is 1. The Morgan fingerprint density at radius 3 is 2.37 bits per heavy atom. The van der Waals surface area contributed by atoms with Crippen molar-refractivity contribution in [3.05, 3.63) is 99.6 Å². The lowest BCUT2D eigenvalue weighted by atomic mass is 9.72. The van der Waals surface area contributed by atoms with Crippen LogP contribution in [0.15, 0.2) is 55.1 Å². The van der Waals surface area contributed by atoms with Crippen molar-refractivity contribution in [3.8, 4) is 11.1 Å². The van der Waals surface area contributed by atoms with Gasteiger partial charge in [0, 0.05) is 27.8 Å². The Bertz CT molecular complexity index is 1220. The molecule has 1 aliphatic carbocycles. The highest BCUT2D eigenvalue weighted by Gasteiger charge is 2.44. The second-order valence-corrected chi connectivity index (χ2v) is 9.46. The Balaban J connectivity index is 0.00000167. The molecule has 0 saturated heterocycles. The Kier molecular flexibility index (Phi) is 8.38. The zero-order valence-corrected chi connectivity index (χ0v) is 21.6. The molecule has 4 rings (SSSR count). The molecule has 1 nitrogen and oxygen atoms in total. The molecule has 0 bridgehead atoms. The van der Waals surface area contributed by atoms with Crippen LogP contribution in [0.4, 0.5) is 13.2 Å². The summed E-state index contributed by atoms with van der Waals surface area (Å²) in [5.41, 5.74) is 9.77. The Hall–Kier alpha value is -2.72. The molecule has 3 aromatic carbocycles. The van der Waals surface area contributed by atoms with E-state index in [4.69, 9.17) is 17.3 Å². The first kappa shape index (κ1) is 26.9. The van der Waals surface area contributed by atoms with Crippen LogP contribution < -0.4 is 5.73 Å². The molecule has 2 unspecified atom stereocenters. The maximum Gasteiger partial charge on any atom is 0.142 e. The van der Waals surface area contributed by atoms with Crippen molar-refractivity contribution in [2.75, 3.05) is 6.67 Å². The number of benzene rings is 3. The first-order valence-electron chi connectivity index (χ1n) is 12.1. The number of rotatable bonds is 6. The second-order valence-electron chi connectivity index (χ2n) is 9.08. The summed E-state index contributed by atoms with van der Waals surface area (Å²) in [5.74, 6) is -1.23. The Morgan fingerprint density at radius 2 is 1.77 bits per heavy atom. The molecule has 2 N–H and O–H groups in total. The fourth-order valence-corrected chi connectivity index (χ4v) is 5.45. The van der Waals surface area contributed by atoms with Crippen LogP contribution in [0.5, 0.6) is 0 Å². The van der Waals surface area contributed by atoms with Crippen molar-refractivity contribution in [1.82, 2.24) is 0 Å². The third-order valence-electron chi connectivity index (χ3n) is 7.12. The van der Waals surface area contributed by atoms with Gasteiger partial charge in [0.25, 0.3) is 0 Å². The molecule has 0 radical (unpaired) electrons.